The Bertz CT molecular complexity index is 1470. The third-order valence-electron chi connectivity index (χ3n) is 6.09. The SMILES string of the molecule is COc1cnc(C2CC2)cc1Nc1nccc(-c2ccn(C(CO)c3ccc(Cl)c(F)c3)c(=O)c2)n1. The maximum atomic E-state index is 14.0. The van der Waals surface area contributed by atoms with E-state index in [1.807, 2.05) is 6.07 Å². The molecule has 3 heterocycles. The Labute approximate surface area is 211 Å². The monoisotopic (exact) mass is 507 g/mol. The Balaban J connectivity index is 1.42. The summed E-state index contributed by atoms with van der Waals surface area (Å²) in [7, 11) is 1.57. The summed E-state index contributed by atoms with van der Waals surface area (Å²) in [4.78, 5) is 26.3. The molecular formula is C26H23ClFN5O3. The smallest absolute Gasteiger partial charge is 0.251 e. The van der Waals surface area contributed by atoms with Crippen LogP contribution in [0.25, 0.3) is 11.3 Å². The van der Waals surface area contributed by atoms with Gasteiger partial charge in [0.1, 0.15) is 5.82 Å². The van der Waals surface area contributed by atoms with Gasteiger partial charge in [-0.3, -0.25) is 9.78 Å². The van der Waals surface area contributed by atoms with E-state index in [2.05, 4.69) is 20.3 Å². The van der Waals surface area contributed by atoms with Crippen LogP contribution in [0.3, 0.4) is 0 Å². The lowest BCUT2D eigenvalue weighted by atomic mass is 10.1. The average molecular weight is 508 g/mol. The first-order valence-electron chi connectivity index (χ1n) is 11.4. The lowest BCUT2D eigenvalue weighted by Crippen LogP contribution is -2.27. The van der Waals surface area contributed by atoms with Gasteiger partial charge < -0.3 is 19.7 Å². The van der Waals surface area contributed by atoms with Gasteiger partial charge in [0.15, 0.2) is 5.75 Å². The number of rotatable bonds is 8. The van der Waals surface area contributed by atoms with Crippen LogP contribution in [0.4, 0.5) is 16.0 Å². The molecule has 0 amide bonds. The summed E-state index contributed by atoms with van der Waals surface area (Å²) < 4.78 is 20.7. The van der Waals surface area contributed by atoms with Gasteiger partial charge in [-0.1, -0.05) is 17.7 Å². The third-order valence-corrected chi connectivity index (χ3v) is 6.39. The van der Waals surface area contributed by atoms with E-state index in [0.717, 1.165) is 18.5 Å². The summed E-state index contributed by atoms with van der Waals surface area (Å²) in [5, 5.41) is 13.1. The molecule has 0 saturated heterocycles. The fourth-order valence-corrected chi connectivity index (χ4v) is 4.12. The van der Waals surface area contributed by atoms with Gasteiger partial charge >= 0.3 is 0 Å². The van der Waals surface area contributed by atoms with E-state index in [-0.39, 0.29) is 10.6 Å². The maximum absolute atomic E-state index is 14.0. The first-order valence-corrected chi connectivity index (χ1v) is 11.8. The van der Waals surface area contributed by atoms with Crippen molar-refractivity contribution < 1.29 is 14.2 Å². The topological polar surface area (TPSA) is 102 Å². The predicted molar refractivity (Wildman–Crippen MR) is 134 cm³/mol. The first-order chi connectivity index (χ1) is 17.5. The molecule has 1 aromatic carbocycles. The Hall–Kier alpha value is -3.82. The van der Waals surface area contributed by atoms with Crippen LogP contribution in [0.1, 0.15) is 36.1 Å². The third kappa shape index (κ3) is 4.93. The summed E-state index contributed by atoms with van der Waals surface area (Å²) >= 11 is 5.77. The molecule has 0 bridgehead atoms. The molecule has 10 heteroatoms. The first kappa shape index (κ1) is 23.9. The van der Waals surface area contributed by atoms with Crippen LogP contribution in [0.2, 0.25) is 5.02 Å². The molecule has 2 N–H and O–H groups in total. The quantitative estimate of drug-likeness (QED) is 0.356. The van der Waals surface area contributed by atoms with Crippen molar-refractivity contribution in [1.29, 1.82) is 0 Å². The zero-order valence-electron chi connectivity index (χ0n) is 19.4. The zero-order valence-corrected chi connectivity index (χ0v) is 20.1. The van der Waals surface area contributed by atoms with Crippen molar-refractivity contribution >= 4 is 23.2 Å². The van der Waals surface area contributed by atoms with E-state index in [1.54, 1.807) is 43.9 Å². The summed E-state index contributed by atoms with van der Waals surface area (Å²) in [6, 6.07) is 10.2. The second kappa shape index (κ2) is 10.0. The fraction of sp³-hybridized carbons (Fsp3) is 0.231. The number of nitrogens with one attached hydrogen (secondary N) is 1. The molecule has 1 atom stereocenters. The van der Waals surface area contributed by atoms with Crippen LogP contribution >= 0.6 is 11.6 Å². The second-order valence-electron chi connectivity index (χ2n) is 8.51. The number of aliphatic hydroxyl groups is 1. The number of aromatic nitrogens is 4. The van der Waals surface area contributed by atoms with Crippen LogP contribution < -0.4 is 15.6 Å². The number of hydrogen-bond acceptors (Lipinski definition) is 7. The number of halogens is 2. The van der Waals surface area contributed by atoms with Crippen molar-refractivity contribution in [3.8, 4) is 17.0 Å². The molecule has 5 rings (SSSR count). The number of aliphatic hydroxyl groups excluding tert-OH is 1. The standard InChI is InChI=1S/C26H23ClFN5O3/c1-36-24-13-30-21(15-2-3-15)12-22(24)32-26-29-8-6-20(31-26)16-7-9-33(25(35)11-16)23(14-34)17-4-5-18(27)19(28)10-17/h4-13,15,23,34H,2-3,14H2,1H3,(H,29,30,31,32). The van der Waals surface area contributed by atoms with Crippen molar-refractivity contribution in [2.45, 2.75) is 24.8 Å². The largest absolute Gasteiger partial charge is 0.493 e. The molecule has 8 nitrogen and oxygen atoms in total. The van der Waals surface area contributed by atoms with Gasteiger partial charge in [0, 0.05) is 35.6 Å². The van der Waals surface area contributed by atoms with Crippen molar-refractivity contribution in [3.63, 3.8) is 0 Å². The average Bonchev–Trinajstić information content (AvgIpc) is 3.73. The summed E-state index contributed by atoms with van der Waals surface area (Å²) in [6.07, 6.45) is 7.08. The van der Waals surface area contributed by atoms with E-state index < -0.39 is 18.5 Å². The molecule has 0 spiro atoms. The van der Waals surface area contributed by atoms with Gasteiger partial charge in [-0.25, -0.2) is 14.4 Å². The maximum Gasteiger partial charge on any atom is 0.251 e. The number of anilines is 2. The molecule has 1 aliphatic rings. The molecule has 4 aromatic rings. The molecule has 1 aliphatic carbocycles. The van der Waals surface area contributed by atoms with E-state index in [0.29, 0.717) is 40.1 Å². The molecular weight excluding hydrogens is 485 g/mol. The van der Waals surface area contributed by atoms with E-state index in [4.69, 9.17) is 16.3 Å². The highest BCUT2D eigenvalue weighted by molar-refractivity contribution is 6.30. The van der Waals surface area contributed by atoms with Crippen LogP contribution in [0.15, 0.2) is 65.8 Å². The fourth-order valence-electron chi connectivity index (χ4n) is 4.00. The Morgan fingerprint density at radius 3 is 2.75 bits per heavy atom. The Kier molecular flexibility index (Phi) is 6.67. The molecule has 184 valence electrons. The number of pyridine rings is 2. The summed E-state index contributed by atoms with van der Waals surface area (Å²) in [6.45, 7) is -0.390. The highest BCUT2D eigenvalue weighted by atomic mass is 35.5. The lowest BCUT2D eigenvalue weighted by Gasteiger charge is -2.18. The number of methoxy groups -OCH3 is 1. The van der Waals surface area contributed by atoms with Crippen LogP contribution in [0.5, 0.6) is 5.75 Å². The minimum atomic E-state index is -0.763. The molecule has 36 heavy (non-hydrogen) atoms. The van der Waals surface area contributed by atoms with Crippen molar-refractivity contribution in [3.05, 3.63) is 93.5 Å². The van der Waals surface area contributed by atoms with Gasteiger partial charge in [0.2, 0.25) is 5.95 Å². The molecule has 1 fully saturated rings. The normalized spacial score (nSPS) is 13.9. The van der Waals surface area contributed by atoms with Crippen LogP contribution in [-0.4, -0.2) is 38.3 Å². The van der Waals surface area contributed by atoms with E-state index in [1.165, 1.54) is 22.8 Å². The lowest BCUT2D eigenvalue weighted by molar-refractivity contribution is 0.247. The molecule has 3 aromatic heterocycles. The van der Waals surface area contributed by atoms with Crippen molar-refractivity contribution in [2.24, 2.45) is 0 Å². The Morgan fingerprint density at radius 1 is 1.22 bits per heavy atom. The molecule has 1 saturated carbocycles. The minimum absolute atomic E-state index is 0.0283. The van der Waals surface area contributed by atoms with Gasteiger partial charge in [-0.2, -0.15) is 0 Å². The highest BCUT2D eigenvalue weighted by Crippen LogP contribution is 2.41. The summed E-state index contributed by atoms with van der Waals surface area (Å²) in [5.41, 5.74) is 2.87. The van der Waals surface area contributed by atoms with Crippen molar-refractivity contribution in [2.75, 3.05) is 19.0 Å². The van der Waals surface area contributed by atoms with Gasteiger partial charge in [-0.05, 0) is 48.7 Å². The minimum Gasteiger partial charge on any atom is -0.493 e. The van der Waals surface area contributed by atoms with Crippen LogP contribution in [-0.2, 0) is 0 Å². The summed E-state index contributed by atoms with van der Waals surface area (Å²) in [5.74, 6) is 0.771. The van der Waals surface area contributed by atoms with Crippen LogP contribution in [0, 0.1) is 5.82 Å². The van der Waals surface area contributed by atoms with Gasteiger partial charge in [-0.15, -0.1) is 0 Å². The van der Waals surface area contributed by atoms with Gasteiger partial charge in [0.05, 0.1) is 42.4 Å². The zero-order chi connectivity index (χ0) is 25.2. The number of benzene rings is 1. The van der Waals surface area contributed by atoms with Crippen molar-refractivity contribution in [1.82, 2.24) is 19.5 Å². The molecule has 1 unspecified atom stereocenters. The van der Waals surface area contributed by atoms with Gasteiger partial charge in [0.25, 0.3) is 5.56 Å². The van der Waals surface area contributed by atoms with E-state index >= 15 is 0 Å². The Morgan fingerprint density at radius 2 is 2.06 bits per heavy atom. The second-order valence-corrected chi connectivity index (χ2v) is 8.91. The van der Waals surface area contributed by atoms with E-state index in [9.17, 15) is 14.3 Å². The number of hydrogen-bond donors (Lipinski definition) is 2. The molecule has 0 aliphatic heterocycles. The molecule has 0 radical (unpaired) electrons. The number of nitrogens with zero attached hydrogens (tertiary/aromatic N) is 4. The highest BCUT2D eigenvalue weighted by Gasteiger charge is 2.26. The number of ether oxygens (including phenoxy) is 1. The predicted octanol–water partition coefficient (Wildman–Crippen LogP) is 4.70.